The molecule has 1 heterocycles. The fourth-order valence-electron chi connectivity index (χ4n) is 7.76. The molecule has 0 radical (unpaired) electrons. The lowest BCUT2D eigenvalue weighted by Gasteiger charge is -2.31. The highest BCUT2D eigenvalue weighted by Gasteiger charge is 2.84. The summed E-state index contributed by atoms with van der Waals surface area (Å²) in [4.78, 5) is 65.9. The summed E-state index contributed by atoms with van der Waals surface area (Å²) >= 11 is 0. The summed E-state index contributed by atoms with van der Waals surface area (Å²) in [6.07, 6.45) is 0.544. The van der Waals surface area contributed by atoms with Crippen LogP contribution in [0.5, 0.6) is 0 Å². The molecule has 10 heteroatoms. The summed E-state index contributed by atoms with van der Waals surface area (Å²) in [7, 11) is 0. The quantitative estimate of drug-likeness (QED) is 0.131. The molecule has 11 atom stereocenters. The second kappa shape index (κ2) is 11.7. The fourth-order valence-corrected chi connectivity index (χ4v) is 7.76. The Labute approximate surface area is 260 Å². The SMILES string of the molecule is C/C=C(\C)C(=O)O[C@@H]1[C@@H]2[C@H]([C@H](OC(=O)C(C)CC)[C@H](OC(C)=O)/C(C)=C/[C@@]34O[C@@]3(C[C@H](C)[C@@H]4OC(C)=O)C(=O)[C@@H]1C)C2(C)C. The van der Waals surface area contributed by atoms with Gasteiger partial charge in [-0.3, -0.25) is 19.2 Å². The van der Waals surface area contributed by atoms with Gasteiger partial charge in [0.2, 0.25) is 0 Å². The van der Waals surface area contributed by atoms with Gasteiger partial charge < -0.3 is 23.7 Å². The lowest BCUT2D eigenvalue weighted by Crippen LogP contribution is -2.43. The number of hydrogen-bond acceptors (Lipinski definition) is 10. The van der Waals surface area contributed by atoms with Crippen LogP contribution < -0.4 is 0 Å². The van der Waals surface area contributed by atoms with Crippen LogP contribution in [0.15, 0.2) is 23.3 Å². The third kappa shape index (κ3) is 5.41. The molecule has 10 nitrogen and oxygen atoms in total. The molecule has 0 bridgehead atoms. The van der Waals surface area contributed by atoms with Gasteiger partial charge in [0, 0.05) is 31.3 Å². The van der Waals surface area contributed by atoms with Crippen molar-refractivity contribution in [2.24, 2.45) is 35.0 Å². The maximum atomic E-state index is 14.6. The van der Waals surface area contributed by atoms with Crippen molar-refractivity contribution in [3.63, 3.8) is 0 Å². The van der Waals surface area contributed by atoms with E-state index in [1.165, 1.54) is 13.8 Å². The summed E-state index contributed by atoms with van der Waals surface area (Å²) in [5.41, 5.74) is -2.32. The Balaban J connectivity index is 1.95. The first-order chi connectivity index (χ1) is 20.4. The molecule has 4 rings (SSSR count). The first-order valence-electron chi connectivity index (χ1n) is 15.7. The van der Waals surface area contributed by atoms with Crippen molar-refractivity contribution in [2.75, 3.05) is 0 Å². The smallest absolute Gasteiger partial charge is 0.333 e. The number of epoxide rings is 1. The Hall–Kier alpha value is -3.01. The number of carbonyl (C=O) groups excluding carboxylic acids is 5. The monoisotopic (exact) mass is 616 g/mol. The molecule has 1 unspecified atom stereocenters. The minimum atomic E-state index is -1.34. The summed E-state index contributed by atoms with van der Waals surface area (Å²) in [6, 6.07) is 0. The Morgan fingerprint density at radius 1 is 1.00 bits per heavy atom. The van der Waals surface area contributed by atoms with Gasteiger partial charge in [0.15, 0.2) is 23.1 Å². The molecule has 3 fully saturated rings. The van der Waals surface area contributed by atoms with Crippen molar-refractivity contribution in [3.05, 3.63) is 23.3 Å². The average molecular weight is 617 g/mol. The molecule has 4 aliphatic rings. The van der Waals surface area contributed by atoms with E-state index in [1.807, 2.05) is 27.7 Å². The van der Waals surface area contributed by atoms with Crippen LogP contribution in [-0.4, -0.2) is 65.3 Å². The Morgan fingerprint density at radius 3 is 2.14 bits per heavy atom. The van der Waals surface area contributed by atoms with Gasteiger partial charge in [0.1, 0.15) is 18.3 Å². The van der Waals surface area contributed by atoms with Crippen LogP contribution in [-0.2, 0) is 47.7 Å². The third-order valence-corrected chi connectivity index (χ3v) is 10.5. The molecule has 2 saturated carbocycles. The number of Topliss-reactive ketones (excluding diaryl/α,β-unsaturated/α-hetero) is 1. The summed E-state index contributed by atoms with van der Waals surface area (Å²) in [5, 5.41) is 0. The van der Waals surface area contributed by atoms with Crippen LogP contribution >= 0.6 is 0 Å². The lowest BCUT2D eigenvalue weighted by molar-refractivity contribution is -0.170. The van der Waals surface area contributed by atoms with Crippen LogP contribution in [0.4, 0.5) is 0 Å². The molecule has 0 aromatic heterocycles. The zero-order valence-corrected chi connectivity index (χ0v) is 27.8. The molecule has 1 aliphatic heterocycles. The minimum Gasteiger partial charge on any atom is -0.459 e. The average Bonchev–Trinajstić information content (AvgIpc) is 3.74. The maximum Gasteiger partial charge on any atom is 0.333 e. The highest BCUT2D eigenvalue weighted by Crippen LogP contribution is 2.69. The first-order valence-corrected chi connectivity index (χ1v) is 15.7. The van der Waals surface area contributed by atoms with Gasteiger partial charge >= 0.3 is 23.9 Å². The predicted molar refractivity (Wildman–Crippen MR) is 159 cm³/mol. The molecule has 0 amide bonds. The van der Waals surface area contributed by atoms with Crippen LogP contribution in [0.3, 0.4) is 0 Å². The lowest BCUT2D eigenvalue weighted by atomic mass is 9.80. The number of ether oxygens (including phenoxy) is 5. The van der Waals surface area contributed by atoms with Gasteiger partial charge in [-0.05, 0) is 56.6 Å². The van der Waals surface area contributed by atoms with Crippen molar-refractivity contribution < 1.29 is 47.7 Å². The van der Waals surface area contributed by atoms with E-state index in [0.717, 1.165) is 0 Å². The second-order valence-corrected chi connectivity index (χ2v) is 13.9. The van der Waals surface area contributed by atoms with Crippen LogP contribution in [0.25, 0.3) is 0 Å². The zero-order valence-electron chi connectivity index (χ0n) is 27.8. The van der Waals surface area contributed by atoms with Gasteiger partial charge in [0.25, 0.3) is 0 Å². The maximum absolute atomic E-state index is 14.6. The van der Waals surface area contributed by atoms with E-state index in [9.17, 15) is 24.0 Å². The summed E-state index contributed by atoms with van der Waals surface area (Å²) in [6.45, 7) is 19.0. The molecule has 44 heavy (non-hydrogen) atoms. The van der Waals surface area contributed by atoms with Crippen LogP contribution in [0, 0.1) is 35.0 Å². The highest BCUT2D eigenvalue weighted by atomic mass is 16.7. The molecule has 0 aromatic rings. The minimum absolute atomic E-state index is 0.238. The van der Waals surface area contributed by atoms with Gasteiger partial charge in [-0.25, -0.2) is 4.79 Å². The number of allylic oxidation sites excluding steroid dienone is 1. The molecule has 244 valence electrons. The number of fused-ring (bicyclic) bond motifs is 1. The Kier molecular flexibility index (Phi) is 9.03. The Bertz CT molecular complexity index is 1290. The molecule has 3 aliphatic carbocycles. The second-order valence-electron chi connectivity index (χ2n) is 13.9. The van der Waals surface area contributed by atoms with Crippen LogP contribution in [0.2, 0.25) is 0 Å². The van der Waals surface area contributed by atoms with Gasteiger partial charge in [0.05, 0.1) is 11.8 Å². The van der Waals surface area contributed by atoms with Crippen molar-refractivity contribution >= 4 is 29.7 Å². The molecular formula is C34H48O10. The van der Waals surface area contributed by atoms with E-state index in [-0.39, 0.29) is 18.1 Å². The molecule has 0 spiro atoms. The molecular weight excluding hydrogens is 568 g/mol. The van der Waals surface area contributed by atoms with Crippen molar-refractivity contribution in [3.8, 4) is 0 Å². The van der Waals surface area contributed by atoms with Crippen LogP contribution in [0.1, 0.15) is 89.0 Å². The fraction of sp³-hybridized carbons (Fsp3) is 0.735. The van der Waals surface area contributed by atoms with Gasteiger partial charge in [-0.1, -0.05) is 47.6 Å². The number of carbonyl (C=O) groups is 5. The van der Waals surface area contributed by atoms with Crippen molar-refractivity contribution in [2.45, 2.75) is 125 Å². The largest absolute Gasteiger partial charge is 0.459 e. The van der Waals surface area contributed by atoms with E-state index in [0.29, 0.717) is 17.6 Å². The number of rotatable bonds is 7. The topological polar surface area (TPSA) is 135 Å². The van der Waals surface area contributed by atoms with E-state index in [1.54, 1.807) is 46.8 Å². The highest BCUT2D eigenvalue weighted by molar-refractivity contribution is 5.96. The van der Waals surface area contributed by atoms with E-state index < -0.39 is 88.6 Å². The molecule has 0 N–H and O–H groups in total. The first kappa shape index (κ1) is 33.9. The number of ketones is 1. The Morgan fingerprint density at radius 2 is 1.59 bits per heavy atom. The summed E-state index contributed by atoms with van der Waals surface area (Å²) < 4.78 is 30.4. The number of hydrogen-bond donors (Lipinski definition) is 0. The van der Waals surface area contributed by atoms with Gasteiger partial charge in [-0.2, -0.15) is 0 Å². The molecule has 1 saturated heterocycles. The molecule has 0 aromatic carbocycles. The van der Waals surface area contributed by atoms with E-state index in [2.05, 4.69) is 0 Å². The van der Waals surface area contributed by atoms with E-state index >= 15 is 0 Å². The standard InChI is InChI=1S/C34H48O10/c1-12-16(3)30(38)42-26-20(7)28(37)33-15-19(6)29(41-22(9)36)34(33,44-33)14-18(5)25(40-21(8)35)27(24-23(26)32(24,10)11)43-31(39)17(4)13-2/h12,14,17,19-20,23-27,29H,13,15H2,1-11H3/b16-12+,18-14+/t17?,19-,20+,23-,24+,25+,26-,27-,29-,33-,34-/m0/s1. The van der Waals surface area contributed by atoms with Gasteiger partial charge in [-0.15, -0.1) is 0 Å². The predicted octanol–water partition coefficient (Wildman–Crippen LogP) is 4.67. The van der Waals surface area contributed by atoms with E-state index in [4.69, 9.17) is 23.7 Å². The normalized spacial score (nSPS) is 40.8. The number of esters is 4. The zero-order chi connectivity index (χ0) is 33.1. The third-order valence-electron chi connectivity index (χ3n) is 10.5. The van der Waals surface area contributed by atoms with Crippen molar-refractivity contribution in [1.82, 2.24) is 0 Å². The summed E-state index contributed by atoms with van der Waals surface area (Å²) in [5.74, 6) is -4.64. The van der Waals surface area contributed by atoms with Crippen molar-refractivity contribution in [1.29, 1.82) is 0 Å².